The minimum atomic E-state index is 0. The van der Waals surface area contributed by atoms with Gasteiger partial charge in [0.1, 0.15) is 0 Å². The van der Waals surface area contributed by atoms with Crippen LogP contribution in [0.25, 0.3) is 46.4 Å². The molecule has 5 rings (SSSR count). The Balaban J connectivity index is 0.00000157. The second kappa shape index (κ2) is 6.27. The predicted molar refractivity (Wildman–Crippen MR) is 98.9 cm³/mol. The van der Waals surface area contributed by atoms with Gasteiger partial charge in [0, 0.05) is 22.1 Å². The summed E-state index contributed by atoms with van der Waals surface area (Å²) in [6, 6.07) is 16.4. The Morgan fingerprint density at radius 2 is 0.840 bits per heavy atom. The van der Waals surface area contributed by atoms with E-state index < -0.39 is 0 Å². The number of hydrogen-bond donors (Lipinski definition) is 2. The first-order valence-corrected chi connectivity index (χ1v) is 7.85. The fourth-order valence-electron chi connectivity index (χ4n) is 2.94. The zero-order valence-corrected chi connectivity index (χ0v) is 15.7. The molecule has 2 aliphatic rings. The molecular weight excluding hydrogens is 486 g/mol. The van der Waals surface area contributed by atoms with Crippen molar-refractivity contribution < 1.29 is 19.8 Å². The Morgan fingerprint density at radius 3 is 1.28 bits per heavy atom. The van der Waals surface area contributed by atoms with Gasteiger partial charge in [-0.05, 0) is 72.8 Å². The molecule has 3 aromatic rings. The fourth-order valence-corrected chi connectivity index (χ4v) is 2.94. The third-order valence-corrected chi connectivity index (χ3v) is 4.04. The third-order valence-electron chi connectivity index (χ3n) is 4.04. The Hall–Kier alpha value is -2.76. The van der Waals surface area contributed by atoms with Crippen LogP contribution in [0.2, 0.25) is 0 Å². The Morgan fingerprint density at radius 1 is 0.480 bits per heavy atom. The molecule has 2 N–H and O–H groups in total. The van der Waals surface area contributed by atoms with E-state index >= 15 is 0 Å². The molecule has 8 bridgehead atoms. The molecule has 4 nitrogen and oxygen atoms in total. The van der Waals surface area contributed by atoms with Crippen LogP contribution in [0.15, 0.2) is 48.5 Å². The van der Waals surface area contributed by atoms with Crippen LogP contribution in [0.1, 0.15) is 22.8 Å². The van der Waals surface area contributed by atoms with Gasteiger partial charge in [-0.2, -0.15) is 0 Å². The summed E-state index contributed by atoms with van der Waals surface area (Å²) in [7, 11) is 0. The van der Waals surface area contributed by atoms with E-state index in [4.69, 9.17) is 0 Å². The van der Waals surface area contributed by atoms with Crippen molar-refractivity contribution in [3.05, 3.63) is 71.3 Å². The van der Waals surface area contributed by atoms with Crippen molar-refractivity contribution in [3.8, 4) is 0 Å². The first-order chi connectivity index (χ1) is 11.8. The van der Waals surface area contributed by atoms with Gasteiger partial charge in [0.2, 0.25) is 0 Å². The van der Waals surface area contributed by atoms with E-state index in [0.29, 0.717) is 0 Å². The van der Waals surface area contributed by atoms with Gasteiger partial charge >= 0.3 is 19.8 Å². The van der Waals surface area contributed by atoms with Crippen LogP contribution in [0.3, 0.4) is 0 Å². The summed E-state index contributed by atoms with van der Waals surface area (Å²) in [4.78, 5) is 16.0. The van der Waals surface area contributed by atoms with Gasteiger partial charge in [0.15, 0.2) is 0 Å². The van der Waals surface area contributed by atoms with Crippen molar-refractivity contribution in [2.24, 2.45) is 0 Å². The molecule has 3 aromatic heterocycles. The Bertz CT molecular complexity index is 1080. The molecule has 5 heteroatoms. The molecule has 5 heterocycles. The third kappa shape index (κ3) is 3.24. The molecule has 0 fully saturated rings. The van der Waals surface area contributed by atoms with Crippen molar-refractivity contribution in [3.63, 3.8) is 0 Å². The number of hydrogen-bond acceptors (Lipinski definition) is 2. The molecule has 0 aromatic carbocycles. The summed E-state index contributed by atoms with van der Waals surface area (Å²) < 4.78 is 0. The van der Waals surface area contributed by atoms with Gasteiger partial charge in [0.05, 0.1) is 22.8 Å². The van der Waals surface area contributed by atoms with E-state index in [0.717, 1.165) is 44.8 Å². The van der Waals surface area contributed by atoms with Crippen LogP contribution in [-0.2, 0) is 19.8 Å². The SMILES string of the molecule is C1=Cc2cc3ccc(cc4ccc(cc5nc(cc1n2)C=C5)[nH]4)[nH]3.[Os+6]. The Kier molecular flexibility index (Phi) is 3.95. The Labute approximate surface area is 157 Å². The smallest absolute Gasteiger partial charge is 0.355 e. The second-order valence-electron chi connectivity index (χ2n) is 5.91. The van der Waals surface area contributed by atoms with Gasteiger partial charge in [-0.25, -0.2) is 9.97 Å². The average Bonchev–Trinajstić information content (AvgIpc) is 3.32. The van der Waals surface area contributed by atoms with Crippen molar-refractivity contribution >= 4 is 46.4 Å². The molecule has 2 aliphatic heterocycles. The molecule has 0 spiro atoms. The van der Waals surface area contributed by atoms with Gasteiger partial charge < -0.3 is 9.97 Å². The second-order valence-corrected chi connectivity index (χ2v) is 5.91. The van der Waals surface area contributed by atoms with E-state index in [1.165, 1.54) is 0 Å². The molecule has 0 saturated carbocycles. The molecule has 0 radical (unpaired) electrons. The van der Waals surface area contributed by atoms with Crippen LogP contribution in [0, 0.1) is 0 Å². The normalized spacial score (nSPS) is 12.2. The number of rotatable bonds is 0. The van der Waals surface area contributed by atoms with E-state index in [-0.39, 0.29) is 19.8 Å². The molecule has 116 valence electrons. The number of fused-ring (bicyclic) bond motifs is 8. The molecule has 0 atom stereocenters. The number of nitrogens with zero attached hydrogens (tertiary/aromatic N) is 2. The molecule has 0 unspecified atom stereocenters. The van der Waals surface area contributed by atoms with Gasteiger partial charge in [-0.3, -0.25) is 0 Å². The van der Waals surface area contributed by atoms with Crippen molar-refractivity contribution in [2.75, 3.05) is 0 Å². The molecule has 0 aliphatic carbocycles. The van der Waals surface area contributed by atoms with E-state index in [1.807, 2.05) is 42.5 Å². The van der Waals surface area contributed by atoms with Crippen molar-refractivity contribution in [1.82, 2.24) is 19.9 Å². The monoisotopic (exact) mass is 502 g/mol. The van der Waals surface area contributed by atoms with Gasteiger partial charge in [-0.15, -0.1) is 0 Å². The summed E-state index contributed by atoms with van der Waals surface area (Å²) in [5, 5.41) is 0. The summed E-state index contributed by atoms with van der Waals surface area (Å²) in [5.74, 6) is 0. The van der Waals surface area contributed by atoms with Gasteiger partial charge in [0.25, 0.3) is 0 Å². The van der Waals surface area contributed by atoms with Crippen LogP contribution >= 0.6 is 0 Å². The molecule has 25 heavy (non-hydrogen) atoms. The maximum absolute atomic E-state index is 4.62. The van der Waals surface area contributed by atoms with E-state index in [9.17, 15) is 0 Å². The quantitative estimate of drug-likeness (QED) is 0.325. The maximum atomic E-state index is 4.62. The predicted octanol–water partition coefficient (Wildman–Crippen LogP) is 4.65. The van der Waals surface area contributed by atoms with E-state index in [2.05, 4.69) is 50.3 Å². The van der Waals surface area contributed by atoms with Crippen molar-refractivity contribution in [2.45, 2.75) is 0 Å². The number of aromatic nitrogens is 4. The van der Waals surface area contributed by atoms with Crippen LogP contribution < -0.4 is 0 Å². The van der Waals surface area contributed by atoms with Crippen LogP contribution in [0.4, 0.5) is 0 Å². The number of nitrogens with one attached hydrogen (secondary N) is 2. The maximum Gasteiger partial charge on any atom is 6.00 e. The standard InChI is InChI=1S/C20H14N4.Os/c1-2-14-10-16-5-6-18(23-16)12-20-8-7-19(24-20)11-17-4-3-15(22-17)9-13(1)21-14;/h1-12,21-22H;/q;+6. The molecule has 0 saturated heterocycles. The minimum absolute atomic E-state index is 0. The number of H-pyrrole nitrogens is 2. The molecule has 0 amide bonds. The van der Waals surface area contributed by atoms with E-state index in [1.54, 1.807) is 0 Å². The largest absolute Gasteiger partial charge is 6.00 e. The summed E-state index contributed by atoms with van der Waals surface area (Å²) in [6.07, 6.45) is 8.05. The molecular formula is C20H14N4Os+6. The first kappa shape index (κ1) is 15.7. The topological polar surface area (TPSA) is 57.4 Å². The zero-order valence-electron chi connectivity index (χ0n) is 13.2. The number of aromatic amines is 2. The first-order valence-electron chi connectivity index (χ1n) is 7.85. The summed E-state index contributed by atoms with van der Waals surface area (Å²) >= 11 is 0. The zero-order chi connectivity index (χ0) is 15.9. The summed E-state index contributed by atoms with van der Waals surface area (Å²) in [5.41, 5.74) is 7.86. The average molecular weight is 501 g/mol. The van der Waals surface area contributed by atoms with Gasteiger partial charge in [-0.1, -0.05) is 0 Å². The minimum Gasteiger partial charge on any atom is -0.355 e. The fraction of sp³-hybridized carbons (Fsp3) is 0. The van der Waals surface area contributed by atoms with Crippen LogP contribution in [-0.4, -0.2) is 19.9 Å². The van der Waals surface area contributed by atoms with Crippen LogP contribution in [0.5, 0.6) is 0 Å². The van der Waals surface area contributed by atoms with Crippen molar-refractivity contribution in [1.29, 1.82) is 0 Å². The summed E-state index contributed by atoms with van der Waals surface area (Å²) in [6.45, 7) is 0.